The Balaban J connectivity index is 1.49. The number of hydrogen-bond acceptors (Lipinski definition) is 6. The van der Waals surface area contributed by atoms with Crippen molar-refractivity contribution in [1.82, 2.24) is 24.6 Å². The predicted octanol–water partition coefficient (Wildman–Crippen LogP) is 4.08. The number of halogens is 1. The summed E-state index contributed by atoms with van der Waals surface area (Å²) in [7, 11) is 0. The molecular formula is C26H30FN5O2S. The van der Waals surface area contributed by atoms with Gasteiger partial charge in [0.05, 0.1) is 19.8 Å². The van der Waals surface area contributed by atoms with Crippen LogP contribution < -0.4 is 0 Å². The highest BCUT2D eigenvalue weighted by Crippen LogP contribution is 2.37. The van der Waals surface area contributed by atoms with E-state index in [-0.39, 0.29) is 11.7 Å². The molecule has 2 aliphatic heterocycles. The molecule has 5 rings (SSSR count). The van der Waals surface area contributed by atoms with Crippen LogP contribution in [0.3, 0.4) is 0 Å². The fourth-order valence-electron chi connectivity index (χ4n) is 4.59. The Morgan fingerprint density at radius 1 is 0.943 bits per heavy atom. The van der Waals surface area contributed by atoms with E-state index < -0.39 is 5.25 Å². The number of nitrogens with zero attached hydrogens (tertiary/aromatic N) is 5. The number of ether oxygens (including phenoxy) is 1. The molecule has 35 heavy (non-hydrogen) atoms. The van der Waals surface area contributed by atoms with Gasteiger partial charge in [-0.3, -0.25) is 14.3 Å². The van der Waals surface area contributed by atoms with Crippen LogP contribution in [0.1, 0.15) is 35.9 Å². The highest BCUT2D eigenvalue weighted by molar-refractivity contribution is 8.00. The van der Waals surface area contributed by atoms with Crippen molar-refractivity contribution in [3.63, 3.8) is 0 Å². The number of hydrogen-bond donors (Lipinski definition) is 0. The molecule has 3 heterocycles. The Labute approximate surface area is 209 Å². The first-order valence-electron chi connectivity index (χ1n) is 12.2. The van der Waals surface area contributed by atoms with Crippen molar-refractivity contribution in [3.05, 3.63) is 71.8 Å². The Kier molecular flexibility index (Phi) is 7.75. The third-order valence-corrected chi connectivity index (χ3v) is 7.66. The van der Waals surface area contributed by atoms with Gasteiger partial charge in [0, 0.05) is 18.8 Å². The lowest BCUT2D eigenvalue weighted by Crippen LogP contribution is -2.42. The molecule has 7 nitrogen and oxygen atoms in total. The molecule has 2 aromatic carbocycles. The maximum Gasteiger partial charge on any atom is 0.240 e. The van der Waals surface area contributed by atoms with Crippen molar-refractivity contribution < 1.29 is 13.9 Å². The predicted molar refractivity (Wildman–Crippen MR) is 133 cm³/mol. The van der Waals surface area contributed by atoms with Gasteiger partial charge in [0.25, 0.3) is 0 Å². The molecule has 1 atom stereocenters. The Bertz CT molecular complexity index is 1110. The van der Waals surface area contributed by atoms with Crippen LogP contribution in [-0.2, 0) is 16.1 Å². The van der Waals surface area contributed by atoms with Gasteiger partial charge in [-0.15, -0.1) is 10.2 Å². The van der Waals surface area contributed by atoms with Gasteiger partial charge < -0.3 is 9.64 Å². The zero-order chi connectivity index (χ0) is 24.0. The number of likely N-dealkylation sites (tertiary alicyclic amines) is 1. The molecule has 2 saturated heterocycles. The number of benzene rings is 2. The van der Waals surface area contributed by atoms with Crippen molar-refractivity contribution in [2.75, 3.05) is 39.4 Å². The van der Waals surface area contributed by atoms with Crippen LogP contribution in [0.15, 0.2) is 59.8 Å². The fraction of sp³-hybridized carbons (Fsp3) is 0.423. The number of carbonyl (C=O) groups is 1. The molecule has 184 valence electrons. The average Bonchev–Trinajstić information content (AvgIpc) is 3.30. The van der Waals surface area contributed by atoms with Crippen molar-refractivity contribution in [2.45, 2.75) is 36.2 Å². The van der Waals surface area contributed by atoms with Crippen molar-refractivity contribution in [2.24, 2.45) is 0 Å². The van der Waals surface area contributed by atoms with Crippen LogP contribution in [0, 0.1) is 5.82 Å². The lowest BCUT2D eigenvalue weighted by atomic mass is 10.1. The van der Waals surface area contributed by atoms with E-state index in [0.29, 0.717) is 38.0 Å². The zero-order valence-electron chi connectivity index (χ0n) is 19.7. The highest BCUT2D eigenvalue weighted by atomic mass is 32.2. The summed E-state index contributed by atoms with van der Waals surface area (Å²) in [5.74, 6) is 0.542. The second-order valence-electron chi connectivity index (χ2n) is 8.89. The molecule has 2 fully saturated rings. The van der Waals surface area contributed by atoms with Crippen LogP contribution in [0.2, 0.25) is 0 Å². The first-order chi connectivity index (χ1) is 17.2. The quantitative estimate of drug-likeness (QED) is 0.460. The summed E-state index contributed by atoms with van der Waals surface area (Å²) in [6.45, 7) is 4.97. The molecule has 0 bridgehead atoms. The standard InChI is InChI=1S/C26H30FN5O2S/c27-21-9-11-22(12-10-21)32-23(19-30-13-5-2-6-14-30)28-29-26(32)35-24(20-7-3-1-4-8-20)25(33)31-15-17-34-18-16-31/h1,3-4,7-12,24H,2,5-6,13-19H2. The summed E-state index contributed by atoms with van der Waals surface area (Å²) < 4.78 is 21.2. The van der Waals surface area contributed by atoms with Crippen LogP contribution in [0.25, 0.3) is 5.69 Å². The van der Waals surface area contributed by atoms with Crippen molar-refractivity contribution in [1.29, 1.82) is 0 Å². The molecule has 2 aliphatic rings. The third-order valence-electron chi connectivity index (χ3n) is 6.47. The SMILES string of the molecule is O=C(C(Sc1nnc(CN2CCCCC2)n1-c1ccc(F)cc1)c1ccccc1)N1CCOCC1. The molecule has 1 aromatic heterocycles. The monoisotopic (exact) mass is 495 g/mol. The van der Waals surface area contributed by atoms with Crippen LogP contribution in [0.4, 0.5) is 4.39 Å². The summed E-state index contributed by atoms with van der Waals surface area (Å²) in [6.07, 6.45) is 3.61. The molecule has 9 heteroatoms. The molecule has 3 aromatic rings. The molecule has 1 unspecified atom stereocenters. The van der Waals surface area contributed by atoms with E-state index in [4.69, 9.17) is 4.74 Å². The summed E-state index contributed by atoms with van der Waals surface area (Å²) >= 11 is 1.40. The number of carbonyl (C=O) groups excluding carboxylic acids is 1. The van der Waals surface area contributed by atoms with Gasteiger partial charge in [0.15, 0.2) is 11.0 Å². The lowest BCUT2D eigenvalue weighted by Gasteiger charge is -2.30. The number of morpholine rings is 1. The minimum atomic E-state index is -0.472. The van der Waals surface area contributed by atoms with Gasteiger partial charge >= 0.3 is 0 Å². The van der Waals surface area contributed by atoms with Crippen molar-refractivity contribution in [3.8, 4) is 5.69 Å². The second kappa shape index (κ2) is 11.3. The molecule has 1 amide bonds. The van der Waals surface area contributed by atoms with Gasteiger partial charge in [0.2, 0.25) is 5.91 Å². The third kappa shape index (κ3) is 5.74. The lowest BCUT2D eigenvalue weighted by molar-refractivity contribution is -0.134. The Hall–Kier alpha value is -2.75. The Morgan fingerprint density at radius 3 is 2.37 bits per heavy atom. The van der Waals surface area contributed by atoms with Gasteiger partial charge in [-0.25, -0.2) is 4.39 Å². The van der Waals surface area contributed by atoms with E-state index >= 15 is 0 Å². The van der Waals surface area contributed by atoms with E-state index in [1.54, 1.807) is 12.1 Å². The van der Waals surface area contributed by atoms with E-state index in [1.165, 1.54) is 43.2 Å². The molecular weight excluding hydrogens is 465 g/mol. The summed E-state index contributed by atoms with van der Waals surface area (Å²) in [5.41, 5.74) is 1.71. The number of aromatic nitrogens is 3. The normalized spacial score (nSPS) is 17.9. The second-order valence-corrected chi connectivity index (χ2v) is 9.97. The largest absolute Gasteiger partial charge is 0.378 e. The first-order valence-corrected chi connectivity index (χ1v) is 13.1. The molecule has 0 N–H and O–H groups in total. The smallest absolute Gasteiger partial charge is 0.240 e. The van der Waals surface area contributed by atoms with Crippen molar-refractivity contribution >= 4 is 17.7 Å². The number of amides is 1. The van der Waals surface area contributed by atoms with Crippen LogP contribution in [-0.4, -0.2) is 69.9 Å². The summed E-state index contributed by atoms with van der Waals surface area (Å²) in [6, 6.07) is 16.2. The number of rotatable bonds is 7. The maximum atomic E-state index is 13.7. The minimum Gasteiger partial charge on any atom is -0.378 e. The number of thioether (sulfide) groups is 1. The number of piperidine rings is 1. The molecule has 0 saturated carbocycles. The van der Waals surface area contributed by atoms with Gasteiger partial charge in [-0.05, 0) is 55.8 Å². The topological polar surface area (TPSA) is 63.5 Å². The Morgan fingerprint density at radius 2 is 1.66 bits per heavy atom. The van der Waals surface area contributed by atoms with E-state index in [0.717, 1.165) is 30.2 Å². The molecule has 0 spiro atoms. The first kappa shape index (κ1) is 24.0. The van der Waals surface area contributed by atoms with E-state index in [9.17, 15) is 9.18 Å². The van der Waals surface area contributed by atoms with E-state index in [1.807, 2.05) is 39.8 Å². The van der Waals surface area contributed by atoms with Gasteiger partial charge in [-0.1, -0.05) is 48.5 Å². The minimum absolute atomic E-state index is 0.0377. The van der Waals surface area contributed by atoms with Crippen LogP contribution >= 0.6 is 11.8 Å². The van der Waals surface area contributed by atoms with E-state index in [2.05, 4.69) is 15.1 Å². The van der Waals surface area contributed by atoms with Gasteiger partial charge in [-0.2, -0.15) is 0 Å². The van der Waals surface area contributed by atoms with Crippen LogP contribution in [0.5, 0.6) is 0 Å². The summed E-state index contributed by atoms with van der Waals surface area (Å²) in [5, 5.41) is 9.23. The summed E-state index contributed by atoms with van der Waals surface area (Å²) in [4.78, 5) is 17.9. The highest BCUT2D eigenvalue weighted by Gasteiger charge is 2.31. The molecule has 0 radical (unpaired) electrons. The van der Waals surface area contributed by atoms with Gasteiger partial charge in [0.1, 0.15) is 11.1 Å². The average molecular weight is 496 g/mol. The zero-order valence-corrected chi connectivity index (χ0v) is 20.5. The maximum absolute atomic E-state index is 13.7. The molecule has 0 aliphatic carbocycles. The fourth-order valence-corrected chi connectivity index (χ4v) is 5.75.